The van der Waals surface area contributed by atoms with Crippen LogP contribution in [0.3, 0.4) is 0 Å². The Labute approximate surface area is 85.4 Å². The minimum atomic E-state index is -2.34. The molecular formula is C6H12Cl2NO2S-. The van der Waals surface area contributed by atoms with Gasteiger partial charge in [-0.05, 0) is 12.8 Å². The lowest BCUT2D eigenvalue weighted by Gasteiger charge is -2.31. The number of alkyl halides is 2. The molecule has 0 saturated heterocycles. The molecule has 0 aliphatic rings. The van der Waals surface area contributed by atoms with Gasteiger partial charge in [0.1, 0.15) is 0 Å². The molecule has 12 heavy (non-hydrogen) atoms. The van der Waals surface area contributed by atoms with E-state index in [9.17, 15) is 8.76 Å². The monoisotopic (exact) mass is 232 g/mol. The number of hydrogen-bond donors (Lipinski definition) is 0. The molecule has 3 nitrogen and oxygen atoms in total. The third-order valence-electron chi connectivity index (χ3n) is 1.40. The summed E-state index contributed by atoms with van der Waals surface area (Å²) in [5.41, 5.74) is -1.10. The van der Waals surface area contributed by atoms with Crippen LogP contribution in [0.2, 0.25) is 0 Å². The van der Waals surface area contributed by atoms with Crippen LogP contribution in [-0.4, -0.2) is 24.1 Å². The molecule has 0 N–H and O–H groups in total. The molecule has 0 rings (SSSR count). The van der Waals surface area contributed by atoms with E-state index in [1.807, 2.05) is 0 Å². The van der Waals surface area contributed by atoms with Gasteiger partial charge in [0.15, 0.2) is 0 Å². The summed E-state index contributed by atoms with van der Waals surface area (Å²) < 4.78 is 22.4. The Balaban J connectivity index is 4.32. The number of nitrogens with zero attached hydrogens (tertiary/aromatic N) is 1. The van der Waals surface area contributed by atoms with E-state index in [0.29, 0.717) is 12.8 Å². The highest BCUT2D eigenvalue weighted by Gasteiger charge is 2.21. The standard InChI is InChI=1S/C6H13Cl2NO2S/c1-3-5(7)9(12(10)11)6(8)4-2/h5-6H,3-4H2,1-2H3,(H,10,11)/p-1. The van der Waals surface area contributed by atoms with E-state index < -0.39 is 22.3 Å². The number of hydrogen-bond acceptors (Lipinski definition) is 2. The van der Waals surface area contributed by atoms with Gasteiger partial charge in [-0.2, -0.15) is 0 Å². The van der Waals surface area contributed by atoms with E-state index in [0.717, 1.165) is 4.31 Å². The van der Waals surface area contributed by atoms with Gasteiger partial charge < -0.3 is 4.55 Å². The van der Waals surface area contributed by atoms with Gasteiger partial charge in [0, 0.05) is 11.3 Å². The molecule has 0 amide bonds. The molecular weight excluding hydrogens is 221 g/mol. The first-order valence-electron chi connectivity index (χ1n) is 3.70. The highest BCUT2D eigenvalue weighted by atomic mass is 35.5. The predicted molar refractivity (Wildman–Crippen MR) is 50.6 cm³/mol. The lowest BCUT2D eigenvalue weighted by Crippen LogP contribution is -2.38. The van der Waals surface area contributed by atoms with E-state index >= 15 is 0 Å². The smallest absolute Gasteiger partial charge is 0.0969 e. The maximum absolute atomic E-state index is 10.7. The van der Waals surface area contributed by atoms with Gasteiger partial charge in [0.2, 0.25) is 0 Å². The van der Waals surface area contributed by atoms with Crippen molar-refractivity contribution in [3.8, 4) is 0 Å². The SMILES string of the molecule is CCC(Cl)N(C(Cl)CC)S(=O)[O-]. The first-order valence-corrected chi connectivity index (χ1v) is 5.60. The zero-order chi connectivity index (χ0) is 9.72. The Bertz CT molecular complexity index is 148. The van der Waals surface area contributed by atoms with E-state index in [1.165, 1.54) is 0 Å². The molecule has 0 aromatic rings. The van der Waals surface area contributed by atoms with Crippen molar-refractivity contribution in [1.29, 1.82) is 0 Å². The Hall–Kier alpha value is 0.650. The maximum Gasteiger partial charge on any atom is 0.0969 e. The van der Waals surface area contributed by atoms with E-state index in [1.54, 1.807) is 13.8 Å². The van der Waals surface area contributed by atoms with Gasteiger partial charge in [-0.15, -0.1) is 23.2 Å². The largest absolute Gasteiger partial charge is 0.759 e. The summed E-state index contributed by atoms with van der Waals surface area (Å²) in [4.78, 5) is 0. The van der Waals surface area contributed by atoms with E-state index in [-0.39, 0.29) is 0 Å². The van der Waals surface area contributed by atoms with Gasteiger partial charge in [-0.3, -0.25) is 4.21 Å². The zero-order valence-corrected chi connectivity index (χ0v) is 9.33. The van der Waals surface area contributed by atoms with Gasteiger partial charge >= 0.3 is 0 Å². The fraction of sp³-hybridized carbons (Fsp3) is 1.00. The highest BCUT2D eigenvalue weighted by molar-refractivity contribution is 7.76. The van der Waals surface area contributed by atoms with Crippen molar-refractivity contribution < 1.29 is 8.76 Å². The second-order valence-corrected chi connectivity index (χ2v) is 4.13. The summed E-state index contributed by atoms with van der Waals surface area (Å²) in [6.45, 7) is 3.60. The van der Waals surface area contributed by atoms with Crippen LogP contribution in [-0.2, 0) is 11.3 Å². The van der Waals surface area contributed by atoms with Crippen molar-refractivity contribution in [1.82, 2.24) is 4.31 Å². The average Bonchev–Trinajstić information content (AvgIpc) is 2.03. The molecule has 3 atom stereocenters. The fourth-order valence-corrected chi connectivity index (χ4v) is 2.11. The van der Waals surface area contributed by atoms with Crippen LogP contribution in [0.5, 0.6) is 0 Å². The average molecular weight is 233 g/mol. The van der Waals surface area contributed by atoms with Crippen molar-refractivity contribution in [3.63, 3.8) is 0 Å². The Morgan fingerprint density at radius 3 is 1.83 bits per heavy atom. The summed E-state index contributed by atoms with van der Waals surface area (Å²) in [5.74, 6) is 0. The second kappa shape index (κ2) is 6.16. The zero-order valence-electron chi connectivity index (χ0n) is 7.00. The molecule has 6 heteroatoms. The lowest BCUT2D eigenvalue weighted by molar-refractivity contribution is 0.337. The maximum atomic E-state index is 10.7. The molecule has 0 spiro atoms. The van der Waals surface area contributed by atoms with Crippen LogP contribution < -0.4 is 0 Å². The summed E-state index contributed by atoms with van der Waals surface area (Å²) in [6.07, 6.45) is 1.08. The molecule has 74 valence electrons. The lowest BCUT2D eigenvalue weighted by atomic mass is 10.4. The molecule has 0 aromatic heterocycles. The molecule has 0 aromatic carbocycles. The predicted octanol–water partition coefficient (Wildman–Crippen LogP) is 2.03. The minimum Gasteiger partial charge on any atom is -0.759 e. The van der Waals surface area contributed by atoms with Crippen molar-refractivity contribution in [2.24, 2.45) is 0 Å². The van der Waals surface area contributed by atoms with Crippen molar-refractivity contribution in [2.45, 2.75) is 37.7 Å². The van der Waals surface area contributed by atoms with Crippen molar-refractivity contribution in [3.05, 3.63) is 0 Å². The van der Waals surface area contributed by atoms with Gasteiger partial charge in [0.25, 0.3) is 0 Å². The molecule has 0 radical (unpaired) electrons. The molecule has 0 heterocycles. The summed E-state index contributed by atoms with van der Waals surface area (Å²) in [5, 5.41) is 0. The third kappa shape index (κ3) is 3.58. The number of rotatable bonds is 5. The van der Waals surface area contributed by atoms with Crippen LogP contribution in [0, 0.1) is 0 Å². The minimum absolute atomic E-state index is 0.540. The van der Waals surface area contributed by atoms with Gasteiger partial charge in [0.05, 0.1) is 11.0 Å². The van der Waals surface area contributed by atoms with Crippen LogP contribution in [0.25, 0.3) is 0 Å². The molecule has 0 bridgehead atoms. The van der Waals surface area contributed by atoms with E-state index in [4.69, 9.17) is 23.2 Å². The first kappa shape index (κ1) is 12.7. The van der Waals surface area contributed by atoms with E-state index in [2.05, 4.69) is 0 Å². The van der Waals surface area contributed by atoms with Crippen molar-refractivity contribution in [2.75, 3.05) is 0 Å². The van der Waals surface area contributed by atoms with Crippen molar-refractivity contribution >= 4 is 34.5 Å². The molecule has 3 unspecified atom stereocenters. The van der Waals surface area contributed by atoms with Crippen LogP contribution in [0.1, 0.15) is 26.7 Å². The highest BCUT2D eigenvalue weighted by Crippen LogP contribution is 2.19. The Morgan fingerprint density at radius 2 is 1.67 bits per heavy atom. The molecule has 0 aliphatic heterocycles. The van der Waals surface area contributed by atoms with Crippen LogP contribution in [0.4, 0.5) is 0 Å². The van der Waals surface area contributed by atoms with Gasteiger partial charge in [-0.1, -0.05) is 13.8 Å². The molecule has 0 saturated carbocycles. The normalized spacial score (nSPS) is 19.2. The Morgan fingerprint density at radius 1 is 1.33 bits per heavy atom. The fourth-order valence-electron chi connectivity index (χ4n) is 0.722. The second-order valence-electron chi connectivity index (χ2n) is 2.26. The third-order valence-corrected chi connectivity index (χ3v) is 3.52. The summed E-state index contributed by atoms with van der Waals surface area (Å²) >= 11 is 9.15. The van der Waals surface area contributed by atoms with Crippen LogP contribution in [0.15, 0.2) is 0 Å². The summed E-state index contributed by atoms with van der Waals surface area (Å²) in [6, 6.07) is 0. The molecule has 0 fully saturated rings. The number of halogens is 2. The summed E-state index contributed by atoms with van der Waals surface area (Å²) in [7, 11) is 0. The first-order chi connectivity index (χ1) is 5.54. The van der Waals surface area contributed by atoms with Gasteiger partial charge in [-0.25, -0.2) is 4.31 Å². The van der Waals surface area contributed by atoms with Crippen LogP contribution >= 0.6 is 23.2 Å². The topological polar surface area (TPSA) is 43.4 Å². The molecule has 0 aliphatic carbocycles. The quantitative estimate of drug-likeness (QED) is 0.414. The Kier molecular flexibility index (Phi) is 6.49.